The van der Waals surface area contributed by atoms with Gasteiger partial charge >= 0.3 is 0 Å². The van der Waals surface area contributed by atoms with E-state index in [0.717, 1.165) is 17.7 Å². The summed E-state index contributed by atoms with van der Waals surface area (Å²) in [6.07, 6.45) is 0.835. The number of amides is 1. The molecule has 0 aliphatic carbocycles. The predicted octanol–water partition coefficient (Wildman–Crippen LogP) is 3.00. The zero-order valence-electron chi connectivity index (χ0n) is 12.0. The van der Waals surface area contributed by atoms with Crippen molar-refractivity contribution in [2.75, 3.05) is 5.73 Å². The van der Waals surface area contributed by atoms with Crippen LogP contribution < -0.4 is 11.1 Å². The Bertz CT molecular complexity index is 433. The van der Waals surface area contributed by atoms with Crippen LogP contribution in [0.5, 0.6) is 0 Å². The molecule has 0 radical (unpaired) electrons. The molecule has 3 heteroatoms. The smallest absolute Gasteiger partial charge is 0.251 e. The minimum Gasteiger partial charge on any atom is -0.399 e. The van der Waals surface area contributed by atoms with Crippen molar-refractivity contribution in [1.29, 1.82) is 0 Å². The molecule has 0 saturated carbocycles. The first-order valence-corrected chi connectivity index (χ1v) is 6.45. The van der Waals surface area contributed by atoms with Gasteiger partial charge in [-0.2, -0.15) is 0 Å². The minimum absolute atomic E-state index is 0.0351. The van der Waals surface area contributed by atoms with Gasteiger partial charge in [-0.15, -0.1) is 0 Å². The van der Waals surface area contributed by atoms with E-state index in [1.807, 2.05) is 19.9 Å². The highest BCUT2D eigenvalue weighted by Gasteiger charge is 2.22. The Balaban J connectivity index is 2.85. The lowest BCUT2D eigenvalue weighted by molar-refractivity contribution is 0.0910. The third-order valence-corrected chi connectivity index (χ3v) is 3.43. The molecule has 1 aromatic rings. The maximum Gasteiger partial charge on any atom is 0.251 e. The third-order valence-electron chi connectivity index (χ3n) is 3.43. The Morgan fingerprint density at radius 1 is 1.39 bits per heavy atom. The van der Waals surface area contributed by atoms with E-state index in [-0.39, 0.29) is 17.4 Å². The zero-order valence-corrected chi connectivity index (χ0v) is 12.0. The van der Waals surface area contributed by atoms with E-state index >= 15 is 0 Å². The summed E-state index contributed by atoms with van der Waals surface area (Å²) in [5, 5.41) is 3.03. The molecule has 1 aromatic carbocycles. The number of hydrogen-bond acceptors (Lipinski definition) is 2. The van der Waals surface area contributed by atoms with Gasteiger partial charge in [0.25, 0.3) is 5.91 Å². The maximum atomic E-state index is 12.1. The molecule has 0 bridgehead atoms. The molecule has 1 unspecified atom stereocenters. The molecule has 100 valence electrons. The summed E-state index contributed by atoms with van der Waals surface area (Å²) in [4.78, 5) is 12.1. The van der Waals surface area contributed by atoms with Crippen LogP contribution in [0.25, 0.3) is 0 Å². The van der Waals surface area contributed by atoms with Crippen molar-refractivity contribution in [1.82, 2.24) is 5.32 Å². The van der Waals surface area contributed by atoms with Gasteiger partial charge in [0.2, 0.25) is 0 Å². The normalized spacial score (nSPS) is 13.2. The molecule has 1 rings (SSSR count). The van der Waals surface area contributed by atoms with E-state index in [2.05, 4.69) is 26.1 Å². The molecule has 3 nitrogen and oxygen atoms in total. The zero-order chi connectivity index (χ0) is 13.9. The molecule has 0 fully saturated rings. The number of anilines is 1. The highest BCUT2D eigenvalue weighted by molar-refractivity contribution is 5.95. The van der Waals surface area contributed by atoms with Gasteiger partial charge < -0.3 is 11.1 Å². The highest BCUT2D eigenvalue weighted by atomic mass is 16.1. The van der Waals surface area contributed by atoms with Crippen LogP contribution in [-0.4, -0.2) is 11.9 Å². The van der Waals surface area contributed by atoms with Crippen LogP contribution in [0.2, 0.25) is 0 Å². The second kappa shape index (κ2) is 5.42. The van der Waals surface area contributed by atoms with Gasteiger partial charge in [0.15, 0.2) is 0 Å². The summed E-state index contributed by atoms with van der Waals surface area (Å²) >= 11 is 0. The van der Waals surface area contributed by atoms with Crippen molar-refractivity contribution in [3.05, 3.63) is 29.3 Å². The van der Waals surface area contributed by atoms with Crippen molar-refractivity contribution < 1.29 is 4.79 Å². The molecule has 0 aromatic heterocycles. The molecule has 1 atom stereocenters. The lowest BCUT2D eigenvalue weighted by Gasteiger charge is -2.28. The lowest BCUT2D eigenvalue weighted by atomic mass is 9.88. The summed E-state index contributed by atoms with van der Waals surface area (Å²) in [6.45, 7) is 10.4. The molecule has 3 N–H and O–H groups in total. The molecule has 18 heavy (non-hydrogen) atoms. The van der Waals surface area contributed by atoms with E-state index in [4.69, 9.17) is 5.73 Å². The van der Waals surface area contributed by atoms with Crippen LogP contribution in [0, 0.1) is 5.41 Å². The van der Waals surface area contributed by atoms with Crippen molar-refractivity contribution in [3.63, 3.8) is 0 Å². The SMILES string of the molecule is CCc1cc(C(=O)NC(C)C(C)(C)C)ccc1N. The summed E-state index contributed by atoms with van der Waals surface area (Å²) in [6, 6.07) is 5.57. The summed E-state index contributed by atoms with van der Waals surface area (Å²) < 4.78 is 0. The molecule has 0 heterocycles. The fraction of sp³-hybridized carbons (Fsp3) is 0.533. The lowest BCUT2D eigenvalue weighted by Crippen LogP contribution is -2.41. The van der Waals surface area contributed by atoms with Crippen molar-refractivity contribution >= 4 is 11.6 Å². The van der Waals surface area contributed by atoms with Crippen LogP contribution in [0.15, 0.2) is 18.2 Å². The number of nitrogens with two attached hydrogens (primary N) is 1. The summed E-state index contributed by atoms with van der Waals surface area (Å²) in [5.74, 6) is -0.0351. The highest BCUT2D eigenvalue weighted by Crippen LogP contribution is 2.20. The van der Waals surface area contributed by atoms with E-state index in [9.17, 15) is 4.79 Å². The Labute approximate surface area is 110 Å². The molecule has 0 aliphatic rings. The molecule has 0 spiro atoms. The fourth-order valence-electron chi connectivity index (χ4n) is 1.55. The monoisotopic (exact) mass is 248 g/mol. The first kappa shape index (κ1) is 14.6. The average Bonchev–Trinajstić information content (AvgIpc) is 2.28. The first-order valence-electron chi connectivity index (χ1n) is 6.45. The number of carbonyl (C=O) groups excluding carboxylic acids is 1. The molecular weight excluding hydrogens is 224 g/mol. The second-order valence-corrected chi connectivity index (χ2v) is 5.83. The van der Waals surface area contributed by atoms with Gasteiger partial charge in [-0.25, -0.2) is 0 Å². The fourth-order valence-corrected chi connectivity index (χ4v) is 1.55. The Morgan fingerprint density at radius 3 is 2.50 bits per heavy atom. The van der Waals surface area contributed by atoms with Gasteiger partial charge in [-0.3, -0.25) is 4.79 Å². The standard InChI is InChI=1S/C15H24N2O/c1-6-11-9-12(7-8-13(11)16)14(18)17-10(2)15(3,4)5/h7-10H,6,16H2,1-5H3,(H,17,18). The summed E-state index contributed by atoms with van der Waals surface area (Å²) in [5.41, 5.74) is 8.34. The Hall–Kier alpha value is -1.51. The van der Waals surface area contributed by atoms with Gasteiger partial charge in [-0.05, 0) is 42.5 Å². The molecule has 1 amide bonds. The summed E-state index contributed by atoms with van der Waals surface area (Å²) in [7, 11) is 0. The van der Waals surface area contributed by atoms with Crippen LogP contribution in [0.4, 0.5) is 5.69 Å². The number of aryl methyl sites for hydroxylation is 1. The van der Waals surface area contributed by atoms with Crippen molar-refractivity contribution in [3.8, 4) is 0 Å². The second-order valence-electron chi connectivity index (χ2n) is 5.83. The van der Waals surface area contributed by atoms with E-state index in [0.29, 0.717) is 5.56 Å². The van der Waals surface area contributed by atoms with Gasteiger partial charge in [0.1, 0.15) is 0 Å². The topological polar surface area (TPSA) is 55.1 Å². The predicted molar refractivity (Wildman–Crippen MR) is 76.6 cm³/mol. The number of nitrogen functional groups attached to an aromatic ring is 1. The van der Waals surface area contributed by atoms with Gasteiger partial charge in [-0.1, -0.05) is 27.7 Å². The first-order chi connectivity index (χ1) is 8.25. The number of rotatable bonds is 3. The quantitative estimate of drug-likeness (QED) is 0.808. The maximum absolute atomic E-state index is 12.1. The van der Waals surface area contributed by atoms with Crippen LogP contribution in [0.1, 0.15) is 50.5 Å². The van der Waals surface area contributed by atoms with E-state index < -0.39 is 0 Å². The molecular formula is C15H24N2O. The van der Waals surface area contributed by atoms with Gasteiger partial charge in [0.05, 0.1) is 0 Å². The van der Waals surface area contributed by atoms with Crippen LogP contribution in [-0.2, 0) is 6.42 Å². The average molecular weight is 248 g/mol. The number of nitrogens with one attached hydrogen (secondary N) is 1. The number of carbonyl (C=O) groups is 1. The largest absolute Gasteiger partial charge is 0.399 e. The third kappa shape index (κ3) is 3.49. The minimum atomic E-state index is -0.0351. The van der Waals surface area contributed by atoms with Crippen molar-refractivity contribution in [2.45, 2.75) is 47.1 Å². The van der Waals surface area contributed by atoms with E-state index in [1.165, 1.54) is 0 Å². The van der Waals surface area contributed by atoms with Crippen molar-refractivity contribution in [2.24, 2.45) is 5.41 Å². The van der Waals surface area contributed by atoms with Crippen LogP contribution >= 0.6 is 0 Å². The van der Waals surface area contributed by atoms with Crippen LogP contribution in [0.3, 0.4) is 0 Å². The molecule has 0 saturated heterocycles. The number of hydrogen-bond donors (Lipinski definition) is 2. The van der Waals surface area contributed by atoms with E-state index in [1.54, 1.807) is 12.1 Å². The Morgan fingerprint density at radius 2 is 2.00 bits per heavy atom. The van der Waals surface area contributed by atoms with Gasteiger partial charge in [0, 0.05) is 17.3 Å². The molecule has 0 aliphatic heterocycles. The number of benzene rings is 1. The Kier molecular flexibility index (Phi) is 4.38.